The molecule has 3 heteroatoms. The van der Waals surface area contributed by atoms with Gasteiger partial charge in [0.05, 0.1) is 11.5 Å². The zero-order valence-electron chi connectivity index (χ0n) is 4.06. The Kier molecular flexibility index (Phi) is 3.80. The zero-order valence-corrected chi connectivity index (χ0v) is 5.58. The Labute approximate surface area is 53.2 Å². The summed E-state index contributed by atoms with van der Waals surface area (Å²) in [4.78, 5) is 0. The molecule has 0 aliphatic rings. The van der Waals surface area contributed by atoms with Crippen LogP contribution in [0.25, 0.3) is 0 Å². The van der Waals surface area contributed by atoms with Crippen LogP contribution in [0.15, 0.2) is 0 Å². The van der Waals surface area contributed by atoms with Gasteiger partial charge in [-0.25, -0.2) is 0 Å². The molecule has 0 aromatic heterocycles. The van der Waals surface area contributed by atoms with E-state index < -0.39 is 6.10 Å². The van der Waals surface area contributed by atoms with E-state index >= 15 is 0 Å². The average Bonchev–Trinajstić information content (AvgIpc) is 1.65. The smallest absolute Gasteiger partial charge is 0.0836 e. The largest absolute Gasteiger partial charge is 0.390 e. The molecule has 0 aromatic rings. The molecular formula is C4H8Cl2O. The highest BCUT2D eigenvalue weighted by Gasteiger charge is 2.07. The van der Waals surface area contributed by atoms with Crippen molar-refractivity contribution < 1.29 is 5.11 Å². The van der Waals surface area contributed by atoms with Crippen molar-refractivity contribution in [2.45, 2.75) is 18.4 Å². The first-order valence-corrected chi connectivity index (χ1v) is 3.03. The minimum atomic E-state index is -0.566. The molecule has 0 aliphatic heterocycles. The molecule has 0 bridgehead atoms. The number of halogens is 2. The molecule has 44 valence electrons. The number of alkyl halides is 2. The van der Waals surface area contributed by atoms with Crippen LogP contribution in [0.3, 0.4) is 0 Å². The summed E-state index contributed by atoms with van der Waals surface area (Å²) < 4.78 is 0. The van der Waals surface area contributed by atoms with Crippen molar-refractivity contribution in [2.24, 2.45) is 0 Å². The molecule has 0 aliphatic carbocycles. The Hall–Kier alpha value is 0.540. The van der Waals surface area contributed by atoms with E-state index in [1.807, 2.05) is 0 Å². The summed E-state index contributed by atoms with van der Waals surface area (Å²) in [6.07, 6.45) is -0.566. The summed E-state index contributed by atoms with van der Waals surface area (Å²) in [6.45, 7) is 1.70. The van der Waals surface area contributed by atoms with Gasteiger partial charge in [0.1, 0.15) is 0 Å². The van der Waals surface area contributed by atoms with Crippen LogP contribution in [-0.2, 0) is 0 Å². The molecule has 0 spiro atoms. The van der Waals surface area contributed by atoms with Crippen molar-refractivity contribution in [1.82, 2.24) is 0 Å². The lowest BCUT2D eigenvalue weighted by atomic mass is 10.3. The second-order valence-electron chi connectivity index (χ2n) is 1.40. The van der Waals surface area contributed by atoms with Crippen LogP contribution in [0.2, 0.25) is 0 Å². The second-order valence-corrected chi connectivity index (χ2v) is 2.40. The monoisotopic (exact) mass is 142 g/mol. The summed E-state index contributed by atoms with van der Waals surface area (Å²) in [5.41, 5.74) is 0. The number of rotatable bonds is 2. The lowest BCUT2D eigenvalue weighted by Crippen LogP contribution is -2.18. The van der Waals surface area contributed by atoms with Crippen LogP contribution >= 0.6 is 23.2 Å². The number of hydrogen-bond acceptors (Lipinski definition) is 1. The maximum atomic E-state index is 8.67. The lowest BCUT2D eigenvalue weighted by Gasteiger charge is -2.05. The third kappa shape index (κ3) is 3.15. The van der Waals surface area contributed by atoms with Gasteiger partial charge in [0, 0.05) is 5.88 Å². The summed E-state index contributed by atoms with van der Waals surface area (Å²) in [6, 6.07) is 0. The van der Waals surface area contributed by atoms with Crippen molar-refractivity contribution in [3.63, 3.8) is 0 Å². The highest BCUT2D eigenvalue weighted by molar-refractivity contribution is 6.22. The van der Waals surface area contributed by atoms with Crippen molar-refractivity contribution in [1.29, 1.82) is 0 Å². The number of aliphatic hydroxyl groups is 1. The Balaban J connectivity index is 3.14. The third-order valence-electron chi connectivity index (χ3n) is 0.688. The first-order chi connectivity index (χ1) is 3.18. The van der Waals surface area contributed by atoms with Gasteiger partial charge in [-0.15, -0.1) is 23.2 Å². The zero-order chi connectivity index (χ0) is 5.86. The normalized spacial score (nSPS) is 18.9. The van der Waals surface area contributed by atoms with Crippen LogP contribution in [0, 0.1) is 0 Å². The van der Waals surface area contributed by atoms with Crippen LogP contribution < -0.4 is 0 Å². The van der Waals surface area contributed by atoms with Crippen molar-refractivity contribution >= 4 is 23.2 Å². The van der Waals surface area contributed by atoms with Crippen LogP contribution in [0.5, 0.6) is 0 Å². The molecule has 0 saturated carbocycles. The standard InChI is InChI=1S/C4H8Cl2O/c1-3(6)4(7)2-5/h3-4,7H,2H2,1H3. The SMILES string of the molecule is CC(Cl)C(O)CCl. The number of aliphatic hydroxyl groups excluding tert-OH is 1. The first kappa shape index (κ1) is 7.54. The molecule has 2 unspecified atom stereocenters. The van der Waals surface area contributed by atoms with E-state index in [-0.39, 0.29) is 11.3 Å². The predicted molar refractivity (Wildman–Crippen MR) is 32.0 cm³/mol. The van der Waals surface area contributed by atoms with E-state index in [9.17, 15) is 0 Å². The Morgan fingerprint density at radius 3 is 2.14 bits per heavy atom. The summed E-state index contributed by atoms with van der Waals surface area (Å²) >= 11 is 10.6. The maximum Gasteiger partial charge on any atom is 0.0836 e. The van der Waals surface area contributed by atoms with Gasteiger partial charge in [0.25, 0.3) is 0 Å². The molecule has 0 aromatic carbocycles. The first-order valence-electron chi connectivity index (χ1n) is 2.06. The van der Waals surface area contributed by atoms with E-state index in [0.29, 0.717) is 0 Å². The van der Waals surface area contributed by atoms with Gasteiger partial charge in [0.2, 0.25) is 0 Å². The fourth-order valence-corrected chi connectivity index (χ4v) is 0.570. The van der Waals surface area contributed by atoms with Crippen molar-refractivity contribution in [2.75, 3.05) is 5.88 Å². The lowest BCUT2D eigenvalue weighted by molar-refractivity contribution is 0.197. The predicted octanol–water partition coefficient (Wildman–Crippen LogP) is 1.21. The molecule has 7 heavy (non-hydrogen) atoms. The molecular weight excluding hydrogens is 135 g/mol. The molecule has 2 atom stereocenters. The minimum Gasteiger partial charge on any atom is -0.390 e. The molecule has 0 heterocycles. The molecule has 0 saturated heterocycles. The van der Waals surface area contributed by atoms with Crippen LogP contribution in [-0.4, -0.2) is 22.5 Å². The van der Waals surface area contributed by atoms with E-state index in [1.54, 1.807) is 6.92 Å². The summed E-state index contributed by atoms with van der Waals surface area (Å²) in [5, 5.41) is 8.43. The van der Waals surface area contributed by atoms with Crippen molar-refractivity contribution in [3.8, 4) is 0 Å². The molecule has 0 fully saturated rings. The Bertz CT molecular complexity index is 47.0. The van der Waals surface area contributed by atoms with Gasteiger partial charge in [-0.1, -0.05) is 0 Å². The van der Waals surface area contributed by atoms with Crippen LogP contribution in [0.1, 0.15) is 6.92 Å². The molecule has 0 radical (unpaired) electrons. The quantitative estimate of drug-likeness (QED) is 0.576. The van der Waals surface area contributed by atoms with E-state index in [2.05, 4.69) is 0 Å². The molecule has 1 N–H and O–H groups in total. The van der Waals surface area contributed by atoms with E-state index in [4.69, 9.17) is 28.3 Å². The fourth-order valence-electron chi connectivity index (χ4n) is 0.123. The summed E-state index contributed by atoms with van der Waals surface area (Å²) in [5.74, 6) is 0.213. The van der Waals surface area contributed by atoms with Crippen LogP contribution in [0.4, 0.5) is 0 Å². The van der Waals surface area contributed by atoms with E-state index in [1.165, 1.54) is 0 Å². The summed E-state index contributed by atoms with van der Waals surface area (Å²) in [7, 11) is 0. The number of hydrogen-bond donors (Lipinski definition) is 1. The van der Waals surface area contributed by atoms with Gasteiger partial charge in [-0.2, -0.15) is 0 Å². The maximum absolute atomic E-state index is 8.67. The average molecular weight is 143 g/mol. The molecule has 1 nitrogen and oxygen atoms in total. The second kappa shape index (κ2) is 3.53. The Morgan fingerprint density at radius 1 is 1.71 bits per heavy atom. The van der Waals surface area contributed by atoms with Gasteiger partial charge >= 0.3 is 0 Å². The van der Waals surface area contributed by atoms with E-state index in [0.717, 1.165) is 0 Å². The topological polar surface area (TPSA) is 20.2 Å². The highest BCUT2D eigenvalue weighted by atomic mass is 35.5. The fraction of sp³-hybridized carbons (Fsp3) is 1.00. The Morgan fingerprint density at radius 2 is 2.14 bits per heavy atom. The molecule has 0 amide bonds. The van der Waals surface area contributed by atoms with Crippen molar-refractivity contribution in [3.05, 3.63) is 0 Å². The highest BCUT2D eigenvalue weighted by Crippen LogP contribution is 2.01. The van der Waals surface area contributed by atoms with Gasteiger partial charge in [-0.3, -0.25) is 0 Å². The van der Waals surface area contributed by atoms with Gasteiger partial charge in [0.15, 0.2) is 0 Å². The van der Waals surface area contributed by atoms with Gasteiger partial charge in [-0.05, 0) is 6.92 Å². The third-order valence-corrected chi connectivity index (χ3v) is 1.30. The van der Waals surface area contributed by atoms with Gasteiger partial charge < -0.3 is 5.11 Å². The minimum absolute atomic E-state index is 0.213. The molecule has 0 rings (SSSR count).